The van der Waals surface area contributed by atoms with Crippen molar-refractivity contribution in [1.82, 2.24) is 5.32 Å². The number of primary amides is 1. The van der Waals surface area contributed by atoms with Crippen molar-refractivity contribution >= 4 is 17.8 Å². The van der Waals surface area contributed by atoms with Crippen LogP contribution in [-0.4, -0.2) is 43.6 Å². The zero-order chi connectivity index (χ0) is 14.8. The van der Waals surface area contributed by atoms with Crippen LogP contribution >= 0.6 is 0 Å². The molecule has 0 aliphatic rings. The van der Waals surface area contributed by atoms with Gasteiger partial charge < -0.3 is 20.5 Å². The van der Waals surface area contributed by atoms with Crippen molar-refractivity contribution in [3.05, 3.63) is 0 Å². The number of ether oxygens (including phenoxy) is 2. The minimum Gasteiger partial charge on any atom is -0.466 e. The molecule has 2 amide bonds. The van der Waals surface area contributed by atoms with Gasteiger partial charge in [-0.1, -0.05) is 6.92 Å². The molecule has 0 saturated carbocycles. The highest BCUT2D eigenvalue weighted by atomic mass is 16.5. The van der Waals surface area contributed by atoms with Crippen molar-refractivity contribution in [1.29, 1.82) is 0 Å². The Morgan fingerprint density at radius 3 is 2.32 bits per heavy atom. The highest BCUT2D eigenvalue weighted by molar-refractivity contribution is 5.87. The largest absolute Gasteiger partial charge is 0.466 e. The van der Waals surface area contributed by atoms with E-state index in [2.05, 4.69) is 5.32 Å². The summed E-state index contributed by atoms with van der Waals surface area (Å²) in [6.07, 6.45) is 0.103. The summed E-state index contributed by atoms with van der Waals surface area (Å²) in [6, 6.07) is -0.910. The smallest absolute Gasteiger partial charge is 0.308 e. The molecule has 110 valence electrons. The van der Waals surface area contributed by atoms with E-state index in [-0.39, 0.29) is 19.6 Å². The predicted octanol–water partition coefficient (Wildman–Crippen LogP) is -0.418. The van der Waals surface area contributed by atoms with Crippen molar-refractivity contribution in [3.8, 4) is 0 Å². The van der Waals surface area contributed by atoms with E-state index in [1.165, 1.54) is 0 Å². The molecule has 0 aromatic rings. The van der Waals surface area contributed by atoms with Gasteiger partial charge in [0.1, 0.15) is 12.6 Å². The molecule has 0 heterocycles. The normalized spacial score (nSPS) is 13.4. The third-order valence-corrected chi connectivity index (χ3v) is 2.39. The molecule has 3 N–H and O–H groups in total. The Bertz CT molecular complexity index is 319. The van der Waals surface area contributed by atoms with Crippen LogP contribution in [0.2, 0.25) is 0 Å². The SMILES string of the molecule is CCOCC(=O)N[C@H](C[C@@H](C)C(=O)OCC)C(N)=O. The first kappa shape index (κ1) is 17.4. The van der Waals surface area contributed by atoms with Crippen molar-refractivity contribution in [2.45, 2.75) is 33.2 Å². The Balaban J connectivity index is 4.37. The van der Waals surface area contributed by atoms with Crippen LogP contribution in [0.5, 0.6) is 0 Å². The van der Waals surface area contributed by atoms with Crippen molar-refractivity contribution in [3.63, 3.8) is 0 Å². The summed E-state index contributed by atoms with van der Waals surface area (Å²) in [6.45, 7) is 5.58. The molecular formula is C12H22N2O5. The summed E-state index contributed by atoms with van der Waals surface area (Å²) in [5, 5.41) is 2.43. The van der Waals surface area contributed by atoms with E-state index in [1.54, 1.807) is 20.8 Å². The highest BCUT2D eigenvalue weighted by Gasteiger charge is 2.25. The second kappa shape index (κ2) is 9.32. The van der Waals surface area contributed by atoms with Crippen LogP contribution in [-0.2, 0) is 23.9 Å². The first-order chi connectivity index (χ1) is 8.92. The molecule has 0 saturated heterocycles. The van der Waals surface area contributed by atoms with Crippen molar-refractivity contribution in [2.24, 2.45) is 11.7 Å². The zero-order valence-corrected chi connectivity index (χ0v) is 11.6. The molecule has 0 aromatic heterocycles. The maximum atomic E-state index is 11.4. The van der Waals surface area contributed by atoms with Crippen molar-refractivity contribution < 1.29 is 23.9 Å². The van der Waals surface area contributed by atoms with E-state index in [1.807, 2.05) is 0 Å². The lowest BCUT2D eigenvalue weighted by Gasteiger charge is -2.18. The topological polar surface area (TPSA) is 108 Å². The van der Waals surface area contributed by atoms with Gasteiger partial charge in [0, 0.05) is 6.61 Å². The first-order valence-electron chi connectivity index (χ1n) is 6.25. The van der Waals surface area contributed by atoms with Gasteiger partial charge in [0.15, 0.2) is 0 Å². The number of amides is 2. The number of nitrogens with one attached hydrogen (secondary N) is 1. The lowest BCUT2D eigenvalue weighted by atomic mass is 10.0. The maximum absolute atomic E-state index is 11.4. The molecule has 19 heavy (non-hydrogen) atoms. The minimum atomic E-state index is -0.910. The van der Waals surface area contributed by atoms with Crippen LogP contribution in [0.3, 0.4) is 0 Å². The van der Waals surface area contributed by atoms with Crippen molar-refractivity contribution in [2.75, 3.05) is 19.8 Å². The molecule has 0 aromatic carbocycles. The van der Waals surface area contributed by atoms with Crippen LogP contribution in [0.4, 0.5) is 0 Å². The lowest BCUT2D eigenvalue weighted by molar-refractivity contribution is -0.148. The zero-order valence-electron chi connectivity index (χ0n) is 11.6. The molecule has 7 heteroatoms. The van der Waals surface area contributed by atoms with Crippen LogP contribution < -0.4 is 11.1 Å². The number of carbonyl (C=O) groups excluding carboxylic acids is 3. The third-order valence-electron chi connectivity index (χ3n) is 2.39. The molecule has 7 nitrogen and oxygen atoms in total. The molecule has 0 bridgehead atoms. The molecule has 2 atom stereocenters. The second-order valence-corrected chi connectivity index (χ2v) is 4.05. The summed E-state index contributed by atoms with van der Waals surface area (Å²) in [5.74, 6) is -2.08. The summed E-state index contributed by atoms with van der Waals surface area (Å²) in [5.41, 5.74) is 5.19. The predicted molar refractivity (Wildman–Crippen MR) is 68.0 cm³/mol. The number of rotatable bonds is 9. The van der Waals surface area contributed by atoms with Gasteiger partial charge in [-0.3, -0.25) is 14.4 Å². The van der Waals surface area contributed by atoms with E-state index < -0.39 is 29.7 Å². The van der Waals surface area contributed by atoms with Gasteiger partial charge in [0.2, 0.25) is 11.8 Å². The van der Waals surface area contributed by atoms with E-state index in [0.29, 0.717) is 6.61 Å². The monoisotopic (exact) mass is 274 g/mol. The molecule has 0 spiro atoms. The van der Waals surface area contributed by atoms with Gasteiger partial charge in [-0.15, -0.1) is 0 Å². The fourth-order valence-corrected chi connectivity index (χ4v) is 1.41. The fourth-order valence-electron chi connectivity index (χ4n) is 1.41. The Kier molecular flexibility index (Phi) is 8.52. The summed E-state index contributed by atoms with van der Waals surface area (Å²) in [4.78, 5) is 34.1. The standard InChI is InChI=1S/C12H22N2O5/c1-4-18-7-10(15)14-9(11(13)16)6-8(3)12(17)19-5-2/h8-9H,4-7H2,1-3H3,(H2,13,16)(H,14,15)/t8-,9-/m1/s1. The van der Waals surface area contributed by atoms with E-state index >= 15 is 0 Å². The Morgan fingerprint density at radius 1 is 1.21 bits per heavy atom. The van der Waals surface area contributed by atoms with E-state index in [4.69, 9.17) is 15.2 Å². The molecule has 0 unspecified atom stereocenters. The molecule has 0 fully saturated rings. The average Bonchev–Trinajstić information content (AvgIpc) is 2.35. The van der Waals surface area contributed by atoms with Gasteiger partial charge in [-0.25, -0.2) is 0 Å². The number of hydrogen-bond acceptors (Lipinski definition) is 5. The Morgan fingerprint density at radius 2 is 1.84 bits per heavy atom. The van der Waals surface area contributed by atoms with Crippen LogP contribution in [0, 0.1) is 5.92 Å². The third kappa shape index (κ3) is 7.40. The molecule has 0 aliphatic heterocycles. The van der Waals surface area contributed by atoms with Crippen LogP contribution in [0.1, 0.15) is 27.2 Å². The van der Waals surface area contributed by atoms with Gasteiger partial charge in [-0.2, -0.15) is 0 Å². The number of hydrogen-bond donors (Lipinski definition) is 2. The summed E-state index contributed by atoms with van der Waals surface area (Å²) >= 11 is 0. The molecule has 0 aliphatic carbocycles. The van der Waals surface area contributed by atoms with Crippen LogP contribution in [0.15, 0.2) is 0 Å². The highest BCUT2D eigenvalue weighted by Crippen LogP contribution is 2.08. The van der Waals surface area contributed by atoms with E-state index in [9.17, 15) is 14.4 Å². The summed E-state index contributed by atoms with van der Waals surface area (Å²) in [7, 11) is 0. The second-order valence-electron chi connectivity index (χ2n) is 4.05. The van der Waals surface area contributed by atoms with Gasteiger partial charge in [-0.05, 0) is 20.3 Å². The van der Waals surface area contributed by atoms with Crippen LogP contribution in [0.25, 0.3) is 0 Å². The van der Waals surface area contributed by atoms with Gasteiger partial charge in [0.25, 0.3) is 0 Å². The molecular weight excluding hydrogens is 252 g/mol. The van der Waals surface area contributed by atoms with E-state index in [0.717, 1.165) is 0 Å². The summed E-state index contributed by atoms with van der Waals surface area (Å²) < 4.78 is 9.74. The van der Waals surface area contributed by atoms with Gasteiger partial charge >= 0.3 is 5.97 Å². The molecule has 0 radical (unpaired) electrons. The Labute approximate surface area is 112 Å². The minimum absolute atomic E-state index is 0.103. The molecule has 0 rings (SSSR count). The first-order valence-corrected chi connectivity index (χ1v) is 6.25. The maximum Gasteiger partial charge on any atom is 0.308 e. The number of carbonyl (C=O) groups is 3. The lowest BCUT2D eigenvalue weighted by Crippen LogP contribution is -2.47. The fraction of sp³-hybridized carbons (Fsp3) is 0.750. The van der Waals surface area contributed by atoms with Gasteiger partial charge in [0.05, 0.1) is 12.5 Å². The average molecular weight is 274 g/mol. The number of esters is 1. The quantitative estimate of drug-likeness (QED) is 0.555. The number of nitrogens with two attached hydrogens (primary N) is 1. The Hall–Kier alpha value is -1.63.